The van der Waals surface area contributed by atoms with E-state index in [9.17, 15) is 0 Å². The van der Waals surface area contributed by atoms with E-state index in [4.69, 9.17) is 0 Å². The average Bonchev–Trinajstić information content (AvgIpc) is 2.91. The van der Waals surface area contributed by atoms with Crippen molar-refractivity contribution in [1.82, 2.24) is 0 Å². The first-order chi connectivity index (χ1) is 7.36. The fraction of sp³-hybridized carbons (Fsp3) is 0.429. The monoisotopic (exact) mass is 196 g/mol. The van der Waals surface area contributed by atoms with Gasteiger partial charge in [-0.2, -0.15) is 0 Å². The first-order valence-corrected chi connectivity index (χ1v) is 6.14. The van der Waals surface area contributed by atoms with Crippen LogP contribution >= 0.6 is 0 Å². The molecule has 2 aliphatic rings. The third-order valence-electron chi connectivity index (χ3n) is 4.10. The molecule has 0 nitrogen and oxygen atoms in total. The second-order valence-corrected chi connectivity index (χ2v) is 4.98. The van der Waals surface area contributed by atoms with E-state index >= 15 is 0 Å². The second-order valence-electron chi connectivity index (χ2n) is 4.98. The van der Waals surface area contributed by atoms with Crippen LogP contribution < -0.4 is 0 Å². The van der Waals surface area contributed by atoms with Gasteiger partial charge in [0, 0.05) is 0 Å². The maximum absolute atomic E-state index is 2.44. The lowest BCUT2D eigenvalue weighted by Gasteiger charge is -2.18. The summed E-state index contributed by atoms with van der Waals surface area (Å²) in [6.45, 7) is 0. The molecule has 1 aromatic carbocycles. The average molecular weight is 196 g/mol. The largest absolute Gasteiger partial charge is 0.107 e. The smallest absolute Gasteiger partial charge is 0.0851 e. The molecule has 1 aromatic rings. The fourth-order valence-electron chi connectivity index (χ4n) is 3.16. The van der Waals surface area contributed by atoms with Gasteiger partial charge in [-0.05, 0) is 36.2 Å². The highest BCUT2D eigenvalue weighted by Crippen LogP contribution is 2.48. The summed E-state index contributed by atoms with van der Waals surface area (Å²) in [5.74, 6) is 2.53. The lowest BCUT2D eigenvalue weighted by Crippen LogP contribution is -2.04. The Morgan fingerprint density at radius 3 is 2.40 bits per heavy atom. The van der Waals surface area contributed by atoms with Crippen LogP contribution in [0.25, 0.3) is 0 Å². The molecule has 1 heteroatoms. The Morgan fingerprint density at radius 1 is 1.07 bits per heavy atom. The lowest BCUT2D eigenvalue weighted by atomic mass is 9.85. The highest BCUT2D eigenvalue weighted by atomic mass is 14.4. The van der Waals surface area contributed by atoms with Crippen molar-refractivity contribution in [1.29, 1.82) is 0 Å². The van der Waals surface area contributed by atoms with E-state index in [0.717, 1.165) is 24.1 Å². The van der Waals surface area contributed by atoms with Crippen LogP contribution in [0.2, 0.25) is 0 Å². The maximum Gasteiger partial charge on any atom is 0.107 e. The number of fused-ring (bicyclic) bond motifs is 2. The summed E-state index contributed by atoms with van der Waals surface area (Å²) in [4.78, 5) is 0. The Labute approximate surface area is 92.8 Å². The van der Waals surface area contributed by atoms with Gasteiger partial charge in [-0.3, -0.25) is 0 Å². The van der Waals surface area contributed by atoms with Gasteiger partial charge in [-0.25, -0.2) is 0 Å². The normalized spacial score (nSPS) is 32.4. The summed E-state index contributed by atoms with van der Waals surface area (Å²) >= 11 is 0. The SMILES string of the molecule is BCc1ccc(C2CC3C=CC2C3)cc1. The topological polar surface area (TPSA) is 0 Å². The fourth-order valence-corrected chi connectivity index (χ4v) is 3.16. The highest BCUT2D eigenvalue weighted by Gasteiger charge is 2.36. The van der Waals surface area contributed by atoms with Crippen LogP contribution in [0, 0.1) is 11.8 Å². The van der Waals surface area contributed by atoms with Gasteiger partial charge in [0.2, 0.25) is 0 Å². The van der Waals surface area contributed by atoms with E-state index in [-0.39, 0.29) is 0 Å². The minimum atomic E-state index is 0.811. The first kappa shape index (κ1) is 9.27. The molecule has 2 bridgehead atoms. The molecule has 3 unspecified atom stereocenters. The van der Waals surface area contributed by atoms with E-state index in [1.165, 1.54) is 18.4 Å². The molecule has 0 amide bonds. The summed E-state index contributed by atoms with van der Waals surface area (Å²) in [6.07, 6.45) is 8.79. The zero-order valence-corrected chi connectivity index (χ0v) is 9.32. The van der Waals surface area contributed by atoms with Crippen LogP contribution in [0.1, 0.15) is 29.9 Å². The minimum Gasteiger partial charge on any atom is -0.0851 e. The summed E-state index contributed by atoms with van der Waals surface area (Å²) in [6, 6.07) is 9.28. The van der Waals surface area contributed by atoms with E-state index in [1.54, 1.807) is 5.56 Å². The van der Waals surface area contributed by atoms with E-state index in [2.05, 4.69) is 44.3 Å². The highest BCUT2D eigenvalue weighted by molar-refractivity contribution is 6.08. The maximum atomic E-state index is 2.44. The predicted octanol–water partition coefficient (Wildman–Crippen LogP) is 2.50. The molecule has 1 saturated carbocycles. The van der Waals surface area contributed by atoms with Crippen molar-refractivity contribution >= 4 is 7.85 Å². The molecule has 0 aliphatic heterocycles. The van der Waals surface area contributed by atoms with Crippen molar-refractivity contribution in [2.75, 3.05) is 0 Å². The Balaban J connectivity index is 1.84. The second kappa shape index (κ2) is 3.55. The zero-order chi connectivity index (χ0) is 10.3. The predicted molar refractivity (Wildman–Crippen MR) is 66.8 cm³/mol. The van der Waals surface area contributed by atoms with Crippen molar-refractivity contribution in [3.05, 3.63) is 47.5 Å². The summed E-state index contributed by atoms with van der Waals surface area (Å²) in [7, 11) is 2.22. The van der Waals surface area contributed by atoms with Crippen LogP contribution in [-0.4, -0.2) is 7.85 Å². The van der Waals surface area contributed by atoms with Crippen LogP contribution in [0.5, 0.6) is 0 Å². The van der Waals surface area contributed by atoms with Crippen LogP contribution in [0.15, 0.2) is 36.4 Å². The van der Waals surface area contributed by atoms with Gasteiger partial charge < -0.3 is 0 Å². The molecule has 0 heterocycles. The number of hydrogen-bond donors (Lipinski definition) is 0. The number of rotatable bonds is 2. The number of hydrogen-bond acceptors (Lipinski definition) is 0. The standard InChI is InChI=1S/C14H17B/c15-9-10-1-4-12(5-2-10)14-8-11-3-6-13(14)7-11/h1-6,11,13-14H,7-9,15H2. The van der Waals surface area contributed by atoms with Gasteiger partial charge in [0.15, 0.2) is 0 Å². The first-order valence-electron chi connectivity index (χ1n) is 6.14. The molecule has 0 spiro atoms. The Kier molecular flexibility index (Phi) is 2.19. The van der Waals surface area contributed by atoms with Crippen molar-refractivity contribution in [2.45, 2.75) is 25.1 Å². The molecule has 2 aliphatic carbocycles. The molecule has 3 rings (SSSR count). The van der Waals surface area contributed by atoms with Crippen LogP contribution in [0.4, 0.5) is 0 Å². The van der Waals surface area contributed by atoms with Gasteiger partial charge in [0.1, 0.15) is 7.85 Å². The van der Waals surface area contributed by atoms with Gasteiger partial charge in [0.25, 0.3) is 0 Å². The van der Waals surface area contributed by atoms with Gasteiger partial charge in [-0.1, -0.05) is 48.3 Å². The molecule has 1 fully saturated rings. The number of allylic oxidation sites excluding steroid dienone is 2. The summed E-state index contributed by atoms with van der Waals surface area (Å²) in [5.41, 5.74) is 3.02. The van der Waals surface area contributed by atoms with E-state index < -0.39 is 0 Å². The molecule has 0 N–H and O–H groups in total. The van der Waals surface area contributed by atoms with Crippen LogP contribution in [-0.2, 0) is 6.32 Å². The van der Waals surface area contributed by atoms with Gasteiger partial charge >= 0.3 is 0 Å². The molecular formula is C14H17B. The van der Waals surface area contributed by atoms with E-state index in [0.29, 0.717) is 0 Å². The molecule has 3 atom stereocenters. The van der Waals surface area contributed by atoms with Crippen molar-refractivity contribution in [3.8, 4) is 0 Å². The Hall–Kier alpha value is -0.975. The summed E-state index contributed by atoms with van der Waals surface area (Å²) < 4.78 is 0. The van der Waals surface area contributed by atoms with Crippen molar-refractivity contribution in [3.63, 3.8) is 0 Å². The molecule has 15 heavy (non-hydrogen) atoms. The molecule has 0 saturated heterocycles. The third kappa shape index (κ3) is 1.54. The molecule has 0 aromatic heterocycles. The van der Waals surface area contributed by atoms with Gasteiger partial charge in [0.05, 0.1) is 0 Å². The Morgan fingerprint density at radius 2 is 1.87 bits per heavy atom. The van der Waals surface area contributed by atoms with Crippen LogP contribution in [0.3, 0.4) is 0 Å². The third-order valence-corrected chi connectivity index (χ3v) is 4.10. The molecule has 0 radical (unpaired) electrons. The van der Waals surface area contributed by atoms with Crippen molar-refractivity contribution < 1.29 is 0 Å². The van der Waals surface area contributed by atoms with E-state index in [1.807, 2.05) is 0 Å². The number of benzene rings is 1. The minimum absolute atomic E-state index is 0.811. The molecular weight excluding hydrogens is 179 g/mol. The lowest BCUT2D eigenvalue weighted by molar-refractivity contribution is 0.585. The Bertz CT molecular complexity index is 377. The quantitative estimate of drug-likeness (QED) is 0.503. The zero-order valence-electron chi connectivity index (χ0n) is 9.32. The van der Waals surface area contributed by atoms with Gasteiger partial charge in [-0.15, -0.1) is 0 Å². The summed E-state index contributed by atoms with van der Waals surface area (Å²) in [5, 5.41) is 0. The molecule has 76 valence electrons. The van der Waals surface area contributed by atoms with Crippen molar-refractivity contribution in [2.24, 2.45) is 11.8 Å².